The average Bonchev–Trinajstić information content (AvgIpc) is 3.28. The van der Waals surface area contributed by atoms with Crippen LogP contribution in [0.5, 0.6) is 11.5 Å². The van der Waals surface area contributed by atoms with Gasteiger partial charge in [-0.15, -0.1) is 0 Å². The van der Waals surface area contributed by atoms with Crippen LogP contribution >= 0.6 is 0 Å². The van der Waals surface area contributed by atoms with Gasteiger partial charge in [-0.2, -0.15) is 0 Å². The summed E-state index contributed by atoms with van der Waals surface area (Å²) in [5.74, 6) is 0.238. The normalized spacial score (nSPS) is 17.3. The summed E-state index contributed by atoms with van der Waals surface area (Å²) >= 11 is 0. The number of rotatable bonds is 5. The van der Waals surface area contributed by atoms with Gasteiger partial charge in [0.25, 0.3) is 5.91 Å². The molecule has 0 unspecified atom stereocenters. The lowest BCUT2D eigenvalue weighted by Crippen LogP contribution is -2.44. The lowest BCUT2D eigenvalue weighted by molar-refractivity contribution is -0.136. The fraction of sp³-hybridized carbons (Fsp3) is 0.429. The van der Waals surface area contributed by atoms with Gasteiger partial charge in [0.1, 0.15) is 25.4 Å². The monoisotopic (exact) mass is 385 g/mol. The number of furan rings is 1. The fourth-order valence-electron chi connectivity index (χ4n) is 4.16. The van der Waals surface area contributed by atoms with Crippen molar-refractivity contribution in [3.05, 3.63) is 46.9 Å². The van der Waals surface area contributed by atoms with Crippen molar-refractivity contribution in [3.8, 4) is 11.5 Å². The van der Waals surface area contributed by atoms with Crippen LogP contribution < -0.4 is 14.8 Å². The third-order valence-electron chi connectivity index (χ3n) is 5.49. The van der Waals surface area contributed by atoms with Crippen molar-refractivity contribution in [1.29, 1.82) is 0 Å². The van der Waals surface area contributed by atoms with Crippen LogP contribution in [0.15, 0.2) is 28.9 Å². The van der Waals surface area contributed by atoms with Gasteiger partial charge in [0.2, 0.25) is 0 Å². The van der Waals surface area contributed by atoms with Crippen molar-refractivity contribution >= 4 is 11.9 Å². The SMILES string of the molecule is Cc1coc(CC(=O)O)c1C(=O)NC1(c2ccc3c(c2)OCCO3)CCCC1. The molecule has 1 aliphatic heterocycles. The number of carbonyl (C=O) groups excluding carboxylic acids is 1. The van der Waals surface area contributed by atoms with Crippen molar-refractivity contribution in [3.63, 3.8) is 0 Å². The van der Waals surface area contributed by atoms with Crippen molar-refractivity contribution in [1.82, 2.24) is 5.32 Å². The first-order valence-electron chi connectivity index (χ1n) is 9.50. The largest absolute Gasteiger partial charge is 0.486 e. The highest BCUT2D eigenvalue weighted by atomic mass is 16.6. The number of hydrogen-bond acceptors (Lipinski definition) is 5. The van der Waals surface area contributed by atoms with E-state index in [-0.39, 0.29) is 18.1 Å². The number of carboxylic acids is 1. The highest BCUT2D eigenvalue weighted by molar-refractivity contribution is 5.98. The maximum absolute atomic E-state index is 13.1. The Bertz CT molecular complexity index is 910. The molecular weight excluding hydrogens is 362 g/mol. The number of carbonyl (C=O) groups is 2. The molecule has 2 N–H and O–H groups in total. The molecule has 2 heterocycles. The summed E-state index contributed by atoms with van der Waals surface area (Å²) in [7, 11) is 0. The molecule has 0 radical (unpaired) electrons. The van der Waals surface area contributed by atoms with Crippen LogP contribution in [-0.2, 0) is 16.8 Å². The third-order valence-corrected chi connectivity index (χ3v) is 5.49. The van der Waals surface area contributed by atoms with Gasteiger partial charge in [-0.25, -0.2) is 0 Å². The molecule has 0 saturated heterocycles. The molecule has 1 aromatic carbocycles. The van der Waals surface area contributed by atoms with E-state index in [0.717, 1.165) is 31.2 Å². The van der Waals surface area contributed by atoms with Crippen molar-refractivity contribution in [2.45, 2.75) is 44.6 Å². The molecule has 0 spiro atoms. The van der Waals surface area contributed by atoms with E-state index in [1.165, 1.54) is 6.26 Å². The number of nitrogens with one attached hydrogen (secondary N) is 1. The highest BCUT2D eigenvalue weighted by Crippen LogP contribution is 2.42. The van der Waals surface area contributed by atoms with Crippen LogP contribution in [-0.4, -0.2) is 30.2 Å². The third kappa shape index (κ3) is 3.32. The molecule has 1 fully saturated rings. The van der Waals surface area contributed by atoms with Crippen LogP contribution in [0.2, 0.25) is 0 Å². The lowest BCUT2D eigenvalue weighted by atomic mass is 9.87. The Kier molecular flexibility index (Phi) is 4.75. The van der Waals surface area contributed by atoms with Gasteiger partial charge < -0.3 is 24.3 Å². The van der Waals surface area contributed by atoms with Gasteiger partial charge in [-0.05, 0) is 37.5 Å². The fourth-order valence-corrected chi connectivity index (χ4v) is 4.16. The van der Waals surface area contributed by atoms with Gasteiger partial charge >= 0.3 is 5.97 Å². The van der Waals surface area contributed by atoms with E-state index in [4.69, 9.17) is 19.0 Å². The molecule has 1 aliphatic carbocycles. The summed E-state index contributed by atoms with van der Waals surface area (Å²) < 4.78 is 16.6. The number of benzene rings is 1. The molecule has 148 valence electrons. The molecule has 1 saturated carbocycles. The molecular formula is C21H23NO6. The van der Waals surface area contributed by atoms with Crippen molar-refractivity contribution in [2.24, 2.45) is 0 Å². The summed E-state index contributed by atoms with van der Waals surface area (Å²) in [4.78, 5) is 24.2. The van der Waals surface area contributed by atoms with Gasteiger partial charge in [-0.3, -0.25) is 9.59 Å². The maximum Gasteiger partial charge on any atom is 0.311 e. The summed E-state index contributed by atoms with van der Waals surface area (Å²) in [6.45, 7) is 2.78. The Labute approximate surface area is 162 Å². The first kappa shape index (κ1) is 18.4. The van der Waals surface area contributed by atoms with E-state index in [1.54, 1.807) is 6.92 Å². The van der Waals surface area contributed by atoms with Crippen LogP contribution in [0, 0.1) is 6.92 Å². The van der Waals surface area contributed by atoms with Gasteiger partial charge in [-0.1, -0.05) is 18.9 Å². The second kappa shape index (κ2) is 7.22. The van der Waals surface area contributed by atoms with Crippen molar-refractivity contribution in [2.75, 3.05) is 13.2 Å². The van der Waals surface area contributed by atoms with Crippen LogP contribution in [0.3, 0.4) is 0 Å². The predicted octanol–water partition coefficient (Wildman–Crippen LogP) is 3.19. The first-order chi connectivity index (χ1) is 13.5. The Hall–Kier alpha value is -2.96. The zero-order valence-corrected chi connectivity index (χ0v) is 15.7. The molecule has 1 aromatic heterocycles. The van der Waals surface area contributed by atoms with E-state index in [0.29, 0.717) is 35.8 Å². The Balaban J connectivity index is 1.65. The van der Waals surface area contributed by atoms with Crippen LogP contribution in [0.4, 0.5) is 0 Å². The minimum Gasteiger partial charge on any atom is -0.486 e. The number of amides is 1. The molecule has 28 heavy (non-hydrogen) atoms. The zero-order chi connectivity index (χ0) is 19.7. The molecule has 2 aromatic rings. The standard InChI is InChI=1S/C21H23NO6/c1-13-12-28-17(11-18(23)24)19(13)20(25)22-21(6-2-3-7-21)14-4-5-15-16(10-14)27-9-8-26-15/h4-5,10,12H,2-3,6-9,11H2,1H3,(H,22,25)(H,23,24). The van der Waals surface area contributed by atoms with Crippen LogP contribution in [0.1, 0.15) is 52.9 Å². The zero-order valence-electron chi connectivity index (χ0n) is 15.7. The topological polar surface area (TPSA) is 98.0 Å². The van der Waals surface area contributed by atoms with E-state index < -0.39 is 11.5 Å². The molecule has 4 rings (SSSR count). The second-order valence-electron chi connectivity index (χ2n) is 7.39. The van der Waals surface area contributed by atoms with E-state index in [9.17, 15) is 9.59 Å². The number of hydrogen-bond donors (Lipinski definition) is 2. The predicted molar refractivity (Wildman–Crippen MR) is 99.8 cm³/mol. The van der Waals surface area contributed by atoms with E-state index in [1.807, 2.05) is 18.2 Å². The number of carboxylic acid groups (broad SMARTS) is 1. The maximum atomic E-state index is 13.1. The van der Waals surface area contributed by atoms with Gasteiger partial charge in [0.05, 0.1) is 17.4 Å². The summed E-state index contributed by atoms with van der Waals surface area (Å²) in [5, 5.41) is 12.3. The van der Waals surface area contributed by atoms with E-state index in [2.05, 4.69) is 5.32 Å². The number of fused-ring (bicyclic) bond motifs is 1. The molecule has 0 atom stereocenters. The van der Waals surface area contributed by atoms with E-state index >= 15 is 0 Å². The minimum atomic E-state index is -1.04. The van der Waals surface area contributed by atoms with Crippen LogP contribution in [0.25, 0.3) is 0 Å². The lowest BCUT2D eigenvalue weighted by Gasteiger charge is -2.32. The average molecular weight is 385 g/mol. The second-order valence-corrected chi connectivity index (χ2v) is 7.39. The first-order valence-corrected chi connectivity index (χ1v) is 9.50. The number of aryl methyl sites for hydroxylation is 1. The smallest absolute Gasteiger partial charge is 0.311 e. The Morgan fingerprint density at radius 1 is 1.14 bits per heavy atom. The molecule has 7 heteroatoms. The summed E-state index contributed by atoms with van der Waals surface area (Å²) in [5.41, 5.74) is 1.40. The number of aliphatic carboxylic acids is 1. The van der Waals surface area contributed by atoms with Gasteiger partial charge in [0, 0.05) is 5.56 Å². The highest BCUT2D eigenvalue weighted by Gasteiger charge is 2.39. The Morgan fingerprint density at radius 2 is 1.86 bits per heavy atom. The minimum absolute atomic E-state index is 0.179. The van der Waals surface area contributed by atoms with Crippen molar-refractivity contribution < 1.29 is 28.6 Å². The Morgan fingerprint density at radius 3 is 2.57 bits per heavy atom. The molecule has 1 amide bonds. The van der Waals surface area contributed by atoms with Gasteiger partial charge in [0.15, 0.2) is 11.5 Å². The molecule has 7 nitrogen and oxygen atoms in total. The molecule has 2 aliphatic rings. The number of ether oxygens (including phenoxy) is 2. The summed E-state index contributed by atoms with van der Waals surface area (Å²) in [6, 6.07) is 5.80. The quantitative estimate of drug-likeness (QED) is 0.820. The molecule has 0 bridgehead atoms. The summed E-state index contributed by atoms with van der Waals surface area (Å²) in [6.07, 6.45) is 4.72.